The van der Waals surface area contributed by atoms with Crippen molar-refractivity contribution >= 4 is 5.91 Å². The number of ether oxygens (including phenoxy) is 4. The van der Waals surface area contributed by atoms with E-state index in [1.165, 1.54) is 0 Å². The number of hydrogen-bond donors (Lipinski definition) is 2. The van der Waals surface area contributed by atoms with Crippen molar-refractivity contribution in [2.45, 2.75) is 19.4 Å². The third kappa shape index (κ3) is 4.60. The van der Waals surface area contributed by atoms with E-state index in [1.54, 1.807) is 34.5 Å². The Bertz CT molecular complexity index is 1530. The summed E-state index contributed by atoms with van der Waals surface area (Å²) >= 11 is 0. The van der Waals surface area contributed by atoms with Gasteiger partial charge in [0.2, 0.25) is 0 Å². The molecule has 3 aromatic carbocycles. The summed E-state index contributed by atoms with van der Waals surface area (Å²) in [6, 6.07) is 16.2. The number of methoxy groups -OCH3 is 4. The van der Waals surface area contributed by atoms with E-state index in [2.05, 4.69) is 10.2 Å². The molecule has 0 spiro atoms. The summed E-state index contributed by atoms with van der Waals surface area (Å²) in [6.07, 6.45) is 0.582. The fraction of sp³-hybridized carbons (Fsp3) is 0.267. The zero-order valence-corrected chi connectivity index (χ0v) is 22.6. The van der Waals surface area contributed by atoms with E-state index < -0.39 is 6.04 Å². The average Bonchev–Trinajstić information content (AvgIpc) is 3.50. The Kier molecular flexibility index (Phi) is 7.06. The summed E-state index contributed by atoms with van der Waals surface area (Å²) in [4.78, 5) is 15.6. The van der Waals surface area contributed by atoms with Gasteiger partial charge in [0.15, 0.2) is 23.0 Å². The van der Waals surface area contributed by atoms with E-state index in [1.807, 2.05) is 60.4 Å². The molecule has 0 saturated heterocycles. The second kappa shape index (κ2) is 10.6. The number of nitrogens with one attached hydrogen (secondary N) is 1. The van der Waals surface area contributed by atoms with Gasteiger partial charge in [-0.3, -0.25) is 9.89 Å². The molecule has 2 heterocycles. The Morgan fingerprint density at radius 3 is 2.23 bits per heavy atom. The lowest BCUT2D eigenvalue weighted by Gasteiger charge is -2.27. The molecule has 0 aliphatic carbocycles. The van der Waals surface area contributed by atoms with E-state index in [0.29, 0.717) is 58.5 Å². The molecule has 0 bridgehead atoms. The molecule has 0 saturated carbocycles. The largest absolute Gasteiger partial charge is 0.507 e. The number of aromatic hydroxyl groups is 1. The van der Waals surface area contributed by atoms with Crippen LogP contribution in [0.25, 0.3) is 11.3 Å². The second-order valence-electron chi connectivity index (χ2n) is 9.34. The Balaban J connectivity index is 1.59. The van der Waals surface area contributed by atoms with E-state index in [4.69, 9.17) is 18.9 Å². The summed E-state index contributed by atoms with van der Waals surface area (Å²) in [6.45, 7) is 2.37. The van der Waals surface area contributed by atoms with Crippen molar-refractivity contribution in [1.82, 2.24) is 15.1 Å². The molecule has 4 aromatic rings. The first kappa shape index (κ1) is 26.0. The zero-order chi connectivity index (χ0) is 27.7. The molecule has 0 fully saturated rings. The van der Waals surface area contributed by atoms with E-state index in [9.17, 15) is 9.90 Å². The van der Waals surface area contributed by atoms with Crippen molar-refractivity contribution in [3.63, 3.8) is 0 Å². The molecule has 1 unspecified atom stereocenters. The number of fused-ring (bicyclic) bond motifs is 1. The molecule has 1 atom stereocenters. The fourth-order valence-corrected chi connectivity index (χ4v) is 5.13. The first-order valence-electron chi connectivity index (χ1n) is 12.5. The molecule has 1 amide bonds. The number of amides is 1. The third-order valence-electron chi connectivity index (χ3n) is 7.08. The van der Waals surface area contributed by atoms with Crippen LogP contribution in [0.2, 0.25) is 0 Å². The van der Waals surface area contributed by atoms with Crippen molar-refractivity contribution in [3.05, 3.63) is 82.5 Å². The maximum Gasteiger partial charge on any atom is 0.273 e. The fourth-order valence-electron chi connectivity index (χ4n) is 5.13. The van der Waals surface area contributed by atoms with Gasteiger partial charge in [-0.2, -0.15) is 5.10 Å². The van der Waals surface area contributed by atoms with Crippen LogP contribution in [0.3, 0.4) is 0 Å². The smallest absolute Gasteiger partial charge is 0.273 e. The van der Waals surface area contributed by atoms with Gasteiger partial charge in [-0.15, -0.1) is 0 Å². The van der Waals surface area contributed by atoms with Crippen molar-refractivity contribution in [2.75, 3.05) is 35.0 Å². The van der Waals surface area contributed by atoms with Gasteiger partial charge in [-0.25, -0.2) is 0 Å². The number of H-pyrrole nitrogens is 1. The molecule has 5 rings (SSSR count). The lowest BCUT2D eigenvalue weighted by atomic mass is 9.94. The average molecular weight is 530 g/mol. The van der Waals surface area contributed by atoms with Gasteiger partial charge in [0.25, 0.3) is 5.91 Å². The van der Waals surface area contributed by atoms with Crippen LogP contribution in [0, 0.1) is 6.92 Å². The Morgan fingerprint density at radius 2 is 1.54 bits per heavy atom. The highest BCUT2D eigenvalue weighted by Crippen LogP contribution is 2.46. The van der Waals surface area contributed by atoms with Gasteiger partial charge in [0, 0.05) is 17.7 Å². The van der Waals surface area contributed by atoms with Crippen molar-refractivity contribution in [1.29, 1.82) is 0 Å². The molecule has 202 valence electrons. The Labute approximate surface area is 226 Å². The highest BCUT2D eigenvalue weighted by molar-refractivity contribution is 6.00. The topological polar surface area (TPSA) is 106 Å². The number of carbonyl (C=O) groups is 1. The van der Waals surface area contributed by atoms with Gasteiger partial charge >= 0.3 is 0 Å². The first-order chi connectivity index (χ1) is 18.9. The summed E-state index contributed by atoms with van der Waals surface area (Å²) in [5, 5.41) is 18.1. The molecule has 1 aliphatic heterocycles. The number of aromatic nitrogens is 2. The lowest BCUT2D eigenvalue weighted by Crippen LogP contribution is -2.31. The number of carbonyl (C=O) groups excluding carboxylic acids is 1. The van der Waals surface area contributed by atoms with Gasteiger partial charge in [0.05, 0.1) is 34.5 Å². The summed E-state index contributed by atoms with van der Waals surface area (Å²) < 4.78 is 21.8. The van der Waals surface area contributed by atoms with Gasteiger partial charge in [-0.1, -0.05) is 23.8 Å². The molecule has 39 heavy (non-hydrogen) atoms. The Hall–Kier alpha value is -4.66. The quantitative estimate of drug-likeness (QED) is 0.317. The maximum absolute atomic E-state index is 13.8. The third-order valence-corrected chi connectivity index (χ3v) is 7.08. The Morgan fingerprint density at radius 1 is 0.872 bits per heavy atom. The standard InChI is InChI=1S/C30H31N3O6/c1-17-6-9-21(34)20(14-17)27-26-28(32-31-27)30(35)33(13-12-18-7-10-22(36-2)24(15-18)38-4)29(26)19-8-11-23(37-3)25(16-19)39-5/h6-11,14-16,29,34H,12-13H2,1-5H3,(H,31,32). The van der Waals surface area contributed by atoms with Crippen molar-refractivity contribution in [2.24, 2.45) is 0 Å². The summed E-state index contributed by atoms with van der Waals surface area (Å²) in [5.41, 5.74) is 5.01. The molecule has 9 heteroatoms. The number of nitrogens with zero attached hydrogens (tertiary/aromatic N) is 2. The second-order valence-corrected chi connectivity index (χ2v) is 9.34. The molecule has 0 radical (unpaired) electrons. The van der Waals surface area contributed by atoms with Crippen LogP contribution in [-0.4, -0.2) is 61.1 Å². The van der Waals surface area contributed by atoms with Crippen molar-refractivity contribution in [3.8, 4) is 40.0 Å². The monoisotopic (exact) mass is 529 g/mol. The lowest BCUT2D eigenvalue weighted by molar-refractivity contribution is 0.0745. The number of hydrogen-bond acceptors (Lipinski definition) is 7. The molecule has 9 nitrogen and oxygen atoms in total. The van der Waals surface area contributed by atoms with Gasteiger partial charge < -0.3 is 29.0 Å². The minimum absolute atomic E-state index is 0.0946. The van der Waals surface area contributed by atoms with Crippen LogP contribution < -0.4 is 18.9 Å². The molecule has 1 aliphatic rings. The summed E-state index contributed by atoms with van der Waals surface area (Å²) in [5.74, 6) is 2.34. The SMILES string of the molecule is COc1ccc(CCN2C(=O)c3[nH]nc(-c4cc(C)ccc4O)c3C2c2ccc(OC)c(OC)c2)cc1OC. The predicted molar refractivity (Wildman–Crippen MR) is 146 cm³/mol. The molecule has 2 N–H and O–H groups in total. The van der Waals surface area contributed by atoms with Gasteiger partial charge in [-0.05, 0) is 60.9 Å². The van der Waals surface area contributed by atoms with Crippen LogP contribution in [0.1, 0.15) is 38.8 Å². The number of phenolic OH excluding ortho intramolecular Hbond substituents is 1. The number of aryl methyl sites for hydroxylation is 1. The molecular formula is C30H31N3O6. The normalized spacial score (nSPS) is 14.3. The maximum atomic E-state index is 13.8. The van der Waals surface area contributed by atoms with E-state index in [0.717, 1.165) is 16.7 Å². The molecular weight excluding hydrogens is 498 g/mol. The number of benzene rings is 3. The molecule has 1 aromatic heterocycles. The van der Waals surface area contributed by atoms with Gasteiger partial charge in [0.1, 0.15) is 17.1 Å². The van der Waals surface area contributed by atoms with Crippen LogP contribution in [0.15, 0.2) is 54.6 Å². The summed E-state index contributed by atoms with van der Waals surface area (Å²) in [7, 11) is 6.36. The number of aromatic amines is 1. The number of rotatable bonds is 9. The van der Waals surface area contributed by atoms with Crippen LogP contribution >= 0.6 is 0 Å². The van der Waals surface area contributed by atoms with E-state index >= 15 is 0 Å². The minimum Gasteiger partial charge on any atom is -0.507 e. The van der Waals surface area contributed by atoms with E-state index in [-0.39, 0.29) is 11.7 Å². The highest BCUT2D eigenvalue weighted by atomic mass is 16.5. The van der Waals surface area contributed by atoms with Crippen molar-refractivity contribution < 1.29 is 28.8 Å². The van der Waals surface area contributed by atoms with Crippen LogP contribution in [0.4, 0.5) is 0 Å². The highest BCUT2D eigenvalue weighted by Gasteiger charge is 2.42. The first-order valence-corrected chi connectivity index (χ1v) is 12.5. The van der Waals surface area contributed by atoms with Crippen LogP contribution in [0.5, 0.6) is 28.7 Å². The predicted octanol–water partition coefficient (Wildman–Crippen LogP) is 4.91. The van der Waals surface area contributed by atoms with Crippen LogP contribution in [-0.2, 0) is 6.42 Å². The minimum atomic E-state index is -0.471. The number of phenols is 1. The zero-order valence-electron chi connectivity index (χ0n) is 22.6.